The quantitative estimate of drug-likeness (QED) is 0.781. The van der Waals surface area contributed by atoms with E-state index in [9.17, 15) is 4.79 Å². The average molecular weight is 296 g/mol. The van der Waals surface area contributed by atoms with Crippen molar-refractivity contribution in [2.75, 3.05) is 18.5 Å². The van der Waals surface area contributed by atoms with Crippen LogP contribution < -0.4 is 4.90 Å². The SMILES string of the molecule is CN(CCc1ccncc1)c1ccc2nc(C(=O)O)cn2c1. The molecule has 0 spiro atoms. The number of carboxylic acid groups (broad SMARTS) is 1. The molecule has 6 nitrogen and oxygen atoms in total. The molecule has 112 valence electrons. The lowest BCUT2D eigenvalue weighted by Crippen LogP contribution is -2.20. The highest BCUT2D eigenvalue weighted by molar-refractivity contribution is 5.86. The largest absolute Gasteiger partial charge is 0.476 e. The number of anilines is 1. The second kappa shape index (κ2) is 5.85. The van der Waals surface area contributed by atoms with Crippen molar-refractivity contribution < 1.29 is 9.90 Å². The van der Waals surface area contributed by atoms with E-state index in [1.54, 1.807) is 16.8 Å². The molecule has 3 aromatic heterocycles. The molecule has 0 radical (unpaired) electrons. The molecule has 1 N–H and O–H groups in total. The van der Waals surface area contributed by atoms with E-state index in [1.807, 2.05) is 37.5 Å². The van der Waals surface area contributed by atoms with Gasteiger partial charge in [0, 0.05) is 38.4 Å². The van der Waals surface area contributed by atoms with Crippen molar-refractivity contribution in [2.24, 2.45) is 0 Å². The number of carbonyl (C=O) groups is 1. The predicted octanol–water partition coefficient (Wildman–Crippen LogP) is 2.11. The molecule has 0 aromatic carbocycles. The number of rotatable bonds is 5. The number of pyridine rings is 2. The fourth-order valence-electron chi connectivity index (χ4n) is 2.28. The van der Waals surface area contributed by atoms with Gasteiger partial charge < -0.3 is 14.4 Å². The summed E-state index contributed by atoms with van der Waals surface area (Å²) >= 11 is 0. The van der Waals surface area contributed by atoms with Crippen LogP contribution in [0.1, 0.15) is 16.1 Å². The van der Waals surface area contributed by atoms with E-state index in [4.69, 9.17) is 5.11 Å². The smallest absolute Gasteiger partial charge is 0.356 e. The maximum atomic E-state index is 11.0. The number of hydrogen-bond donors (Lipinski definition) is 1. The molecular formula is C16H16N4O2. The maximum Gasteiger partial charge on any atom is 0.356 e. The van der Waals surface area contributed by atoms with Gasteiger partial charge in [0.1, 0.15) is 5.65 Å². The summed E-state index contributed by atoms with van der Waals surface area (Å²) in [7, 11) is 2.01. The summed E-state index contributed by atoms with van der Waals surface area (Å²) in [5, 5.41) is 8.98. The lowest BCUT2D eigenvalue weighted by atomic mass is 10.2. The Morgan fingerprint density at radius 3 is 2.73 bits per heavy atom. The molecule has 0 aliphatic rings. The Bertz CT molecular complexity index is 798. The van der Waals surface area contributed by atoms with E-state index >= 15 is 0 Å². The van der Waals surface area contributed by atoms with Crippen LogP contribution >= 0.6 is 0 Å². The van der Waals surface area contributed by atoms with Gasteiger partial charge in [-0.15, -0.1) is 0 Å². The topological polar surface area (TPSA) is 70.7 Å². The Kier molecular flexibility index (Phi) is 3.74. The highest BCUT2D eigenvalue weighted by Crippen LogP contribution is 2.16. The molecule has 22 heavy (non-hydrogen) atoms. The zero-order valence-corrected chi connectivity index (χ0v) is 12.2. The van der Waals surface area contributed by atoms with Crippen LogP contribution in [0.4, 0.5) is 5.69 Å². The summed E-state index contributed by atoms with van der Waals surface area (Å²) in [6.07, 6.45) is 7.92. The monoisotopic (exact) mass is 296 g/mol. The lowest BCUT2D eigenvalue weighted by Gasteiger charge is -2.19. The molecule has 6 heteroatoms. The number of imidazole rings is 1. The van der Waals surface area contributed by atoms with E-state index in [0.717, 1.165) is 18.7 Å². The van der Waals surface area contributed by atoms with Crippen LogP contribution in [-0.2, 0) is 6.42 Å². The van der Waals surface area contributed by atoms with Gasteiger partial charge in [-0.25, -0.2) is 9.78 Å². The highest BCUT2D eigenvalue weighted by Gasteiger charge is 2.09. The molecule has 0 fully saturated rings. The van der Waals surface area contributed by atoms with Crippen LogP contribution in [-0.4, -0.2) is 39.0 Å². The Morgan fingerprint density at radius 2 is 2.00 bits per heavy atom. The first-order valence-electron chi connectivity index (χ1n) is 6.95. The minimum absolute atomic E-state index is 0.0524. The molecule has 3 heterocycles. The Labute approximate surface area is 127 Å². The molecule has 0 aliphatic carbocycles. The molecule has 0 aliphatic heterocycles. The van der Waals surface area contributed by atoms with Gasteiger partial charge in [0.15, 0.2) is 5.69 Å². The number of aromatic nitrogens is 3. The van der Waals surface area contributed by atoms with Gasteiger partial charge in [0.25, 0.3) is 0 Å². The second-order valence-electron chi connectivity index (χ2n) is 5.11. The van der Waals surface area contributed by atoms with E-state index in [0.29, 0.717) is 5.65 Å². The Hall–Kier alpha value is -2.89. The van der Waals surface area contributed by atoms with Gasteiger partial charge in [0.2, 0.25) is 0 Å². The number of nitrogens with zero attached hydrogens (tertiary/aromatic N) is 4. The molecule has 0 amide bonds. The third-order valence-electron chi connectivity index (χ3n) is 3.58. The van der Waals surface area contributed by atoms with Gasteiger partial charge >= 0.3 is 5.97 Å². The zero-order valence-electron chi connectivity index (χ0n) is 12.2. The number of aromatic carboxylic acids is 1. The number of hydrogen-bond acceptors (Lipinski definition) is 4. The summed E-state index contributed by atoms with van der Waals surface area (Å²) in [6.45, 7) is 0.857. The molecule has 0 unspecified atom stereocenters. The molecule has 3 rings (SSSR count). The van der Waals surface area contributed by atoms with E-state index < -0.39 is 5.97 Å². The summed E-state index contributed by atoms with van der Waals surface area (Å²) in [5.41, 5.74) is 2.93. The second-order valence-corrected chi connectivity index (χ2v) is 5.11. The van der Waals surface area contributed by atoms with Gasteiger partial charge in [0.05, 0.1) is 5.69 Å². The van der Waals surface area contributed by atoms with Crippen LogP contribution in [0.5, 0.6) is 0 Å². The molecule has 0 bridgehead atoms. The highest BCUT2D eigenvalue weighted by atomic mass is 16.4. The zero-order chi connectivity index (χ0) is 15.5. The van der Waals surface area contributed by atoms with E-state index in [1.165, 1.54) is 11.8 Å². The van der Waals surface area contributed by atoms with Crippen LogP contribution in [0.15, 0.2) is 49.1 Å². The fraction of sp³-hybridized carbons (Fsp3) is 0.188. The number of carboxylic acids is 1. The van der Waals surface area contributed by atoms with Crippen molar-refractivity contribution in [1.82, 2.24) is 14.4 Å². The normalized spacial score (nSPS) is 10.8. The van der Waals surface area contributed by atoms with Crippen LogP contribution in [0, 0.1) is 0 Å². The first-order chi connectivity index (χ1) is 10.6. The molecule has 0 saturated heterocycles. The summed E-state index contributed by atoms with van der Waals surface area (Å²) < 4.78 is 1.74. The molecule has 3 aromatic rings. The van der Waals surface area contributed by atoms with Crippen molar-refractivity contribution >= 4 is 17.3 Å². The first-order valence-corrected chi connectivity index (χ1v) is 6.95. The third kappa shape index (κ3) is 2.90. The van der Waals surface area contributed by atoms with Crippen molar-refractivity contribution in [1.29, 1.82) is 0 Å². The van der Waals surface area contributed by atoms with E-state index in [-0.39, 0.29) is 5.69 Å². The van der Waals surface area contributed by atoms with Crippen LogP contribution in [0.3, 0.4) is 0 Å². The fourth-order valence-corrected chi connectivity index (χ4v) is 2.28. The summed E-state index contributed by atoms with van der Waals surface area (Å²) in [6, 6.07) is 7.78. The predicted molar refractivity (Wildman–Crippen MR) is 83.4 cm³/mol. The Balaban J connectivity index is 1.76. The van der Waals surface area contributed by atoms with Gasteiger partial charge in [-0.2, -0.15) is 0 Å². The van der Waals surface area contributed by atoms with Crippen molar-refractivity contribution in [3.05, 3.63) is 60.3 Å². The van der Waals surface area contributed by atoms with Gasteiger partial charge in [-0.3, -0.25) is 4.98 Å². The third-order valence-corrected chi connectivity index (χ3v) is 3.58. The minimum Gasteiger partial charge on any atom is -0.476 e. The maximum absolute atomic E-state index is 11.0. The van der Waals surface area contributed by atoms with Crippen LogP contribution in [0.2, 0.25) is 0 Å². The average Bonchev–Trinajstić information content (AvgIpc) is 2.97. The summed E-state index contributed by atoms with van der Waals surface area (Å²) in [5.74, 6) is -1.02. The van der Waals surface area contributed by atoms with E-state index in [2.05, 4.69) is 14.9 Å². The summed E-state index contributed by atoms with van der Waals surface area (Å²) in [4.78, 5) is 21.1. The molecule has 0 saturated carbocycles. The van der Waals surface area contributed by atoms with Crippen LogP contribution in [0.25, 0.3) is 5.65 Å². The van der Waals surface area contributed by atoms with Crippen molar-refractivity contribution in [3.63, 3.8) is 0 Å². The van der Waals surface area contributed by atoms with Gasteiger partial charge in [-0.05, 0) is 36.2 Å². The first kappa shape index (κ1) is 14.1. The standard InChI is InChI=1S/C16H16N4O2/c1-19(9-6-12-4-7-17-8-5-12)13-2-3-15-18-14(16(21)22)11-20(15)10-13/h2-5,7-8,10-11H,6,9H2,1H3,(H,21,22). The molecule has 0 atom stereocenters. The molecular weight excluding hydrogens is 280 g/mol. The Morgan fingerprint density at radius 1 is 1.23 bits per heavy atom. The lowest BCUT2D eigenvalue weighted by molar-refractivity contribution is 0.0691. The number of fused-ring (bicyclic) bond motifs is 1. The van der Waals surface area contributed by atoms with Crippen molar-refractivity contribution in [2.45, 2.75) is 6.42 Å². The van der Waals surface area contributed by atoms with Crippen molar-refractivity contribution in [3.8, 4) is 0 Å². The minimum atomic E-state index is -1.02. The van der Waals surface area contributed by atoms with Gasteiger partial charge in [-0.1, -0.05) is 0 Å². The number of likely N-dealkylation sites (N-methyl/N-ethyl adjacent to an activating group) is 1.